The molecule has 6 aliphatic rings. The quantitative estimate of drug-likeness (QED) is 0.128. The first-order valence-corrected chi connectivity index (χ1v) is 16.0. The monoisotopic (exact) mass is 624 g/mol. The van der Waals surface area contributed by atoms with Gasteiger partial charge in [0.1, 0.15) is 5.75 Å². The molecular formula is C38H28N2O7. The number of nitrogens with zero attached hydrogens (tertiary/aromatic N) is 2. The minimum absolute atomic E-state index is 0.120. The Balaban J connectivity index is 0.841. The lowest BCUT2D eigenvalue weighted by molar-refractivity contribution is -0.124. The zero-order valence-electron chi connectivity index (χ0n) is 25.0. The van der Waals surface area contributed by atoms with E-state index in [9.17, 15) is 28.8 Å². The first kappa shape index (κ1) is 27.8. The number of carbonyl (C=O) groups excluding carboxylic acids is 6. The molecule has 0 aromatic heterocycles. The van der Waals surface area contributed by atoms with Crippen molar-refractivity contribution in [2.45, 2.75) is 12.8 Å². The summed E-state index contributed by atoms with van der Waals surface area (Å²) in [6.07, 6.45) is 9.93. The zero-order valence-corrected chi connectivity index (χ0v) is 25.0. The molecule has 4 aliphatic carbocycles. The van der Waals surface area contributed by atoms with Crippen LogP contribution < -0.4 is 14.5 Å². The van der Waals surface area contributed by atoms with Crippen molar-refractivity contribution in [2.75, 3.05) is 9.80 Å². The lowest BCUT2D eigenvalue weighted by atomic mass is 9.85. The molecule has 9 heteroatoms. The third-order valence-corrected chi connectivity index (χ3v) is 11.0. The van der Waals surface area contributed by atoms with E-state index in [0.717, 1.165) is 12.8 Å². The summed E-state index contributed by atoms with van der Waals surface area (Å²) in [6, 6.07) is 18.8. The highest BCUT2D eigenvalue weighted by molar-refractivity contribution is 6.24. The minimum atomic E-state index is -0.622. The molecule has 8 unspecified atom stereocenters. The Morgan fingerprint density at radius 1 is 0.489 bits per heavy atom. The van der Waals surface area contributed by atoms with Gasteiger partial charge in [-0.05, 0) is 109 Å². The average Bonchev–Trinajstić information content (AvgIpc) is 3.94. The number of ether oxygens (including phenoxy) is 1. The number of carbonyl (C=O) groups is 6. The Bertz CT molecular complexity index is 1920. The number of ketones is 1. The van der Waals surface area contributed by atoms with Crippen LogP contribution in [0.3, 0.4) is 0 Å². The smallest absolute Gasteiger partial charge is 0.343 e. The van der Waals surface area contributed by atoms with Crippen LogP contribution in [0, 0.1) is 47.3 Å². The van der Waals surface area contributed by atoms with Crippen LogP contribution in [0.1, 0.15) is 39.1 Å². The standard InChI is InChI=1S/C38H28N2O7/c41-33(19-5-11-26(12-6-19)39-34(42)29-22-1-2-23(17-22)30(29)35(39)43)20-9-15-28(16-10-20)47-38(46)21-7-13-27(14-8-21)40-36(44)31-24-3-4-25(18-24)32(31)37(40)45/h1-16,22-25,29-32H,17-18H2. The molecule has 9 rings (SSSR count). The minimum Gasteiger partial charge on any atom is -0.423 e. The molecule has 2 saturated carbocycles. The zero-order chi connectivity index (χ0) is 32.1. The second kappa shape index (κ2) is 10.0. The highest BCUT2D eigenvalue weighted by Gasteiger charge is 2.60. The van der Waals surface area contributed by atoms with Crippen LogP contribution in [-0.2, 0) is 19.2 Å². The molecule has 2 saturated heterocycles. The molecule has 4 fully saturated rings. The fourth-order valence-electron chi connectivity index (χ4n) is 8.83. The normalized spacial score (nSPS) is 30.9. The van der Waals surface area contributed by atoms with Gasteiger partial charge >= 0.3 is 5.97 Å². The number of imide groups is 2. The third-order valence-electron chi connectivity index (χ3n) is 11.0. The molecule has 2 heterocycles. The molecule has 4 amide bonds. The molecule has 2 aliphatic heterocycles. The van der Waals surface area contributed by atoms with Crippen molar-refractivity contribution in [3.8, 4) is 5.75 Å². The Labute approximate surface area is 269 Å². The van der Waals surface area contributed by atoms with E-state index < -0.39 is 5.97 Å². The Morgan fingerprint density at radius 2 is 0.830 bits per heavy atom. The summed E-state index contributed by atoms with van der Waals surface area (Å²) in [5, 5.41) is 0. The lowest BCUT2D eigenvalue weighted by Crippen LogP contribution is -2.32. The predicted octanol–water partition coefficient (Wildman–Crippen LogP) is 4.76. The fourth-order valence-corrected chi connectivity index (χ4v) is 8.83. The number of esters is 1. The molecule has 0 radical (unpaired) electrons. The Morgan fingerprint density at radius 3 is 1.21 bits per heavy atom. The molecule has 232 valence electrons. The van der Waals surface area contributed by atoms with Gasteiger partial charge in [0.25, 0.3) is 0 Å². The number of hydrogen-bond donors (Lipinski definition) is 0. The van der Waals surface area contributed by atoms with E-state index in [1.165, 1.54) is 34.1 Å². The number of hydrogen-bond acceptors (Lipinski definition) is 7. The van der Waals surface area contributed by atoms with Gasteiger partial charge in [-0.3, -0.25) is 33.8 Å². The van der Waals surface area contributed by atoms with Crippen molar-refractivity contribution in [1.82, 2.24) is 0 Å². The van der Waals surface area contributed by atoms with E-state index >= 15 is 0 Å². The lowest BCUT2D eigenvalue weighted by Gasteiger charge is -2.17. The molecular weight excluding hydrogens is 596 g/mol. The van der Waals surface area contributed by atoms with Gasteiger partial charge < -0.3 is 4.74 Å². The van der Waals surface area contributed by atoms with Gasteiger partial charge in [0.2, 0.25) is 23.6 Å². The van der Waals surface area contributed by atoms with E-state index in [1.807, 2.05) is 12.2 Å². The number of benzene rings is 3. The molecule has 0 spiro atoms. The number of amides is 4. The van der Waals surface area contributed by atoms with E-state index in [2.05, 4.69) is 12.2 Å². The highest BCUT2D eigenvalue weighted by Crippen LogP contribution is 2.54. The maximum Gasteiger partial charge on any atom is 0.343 e. The largest absolute Gasteiger partial charge is 0.423 e. The van der Waals surface area contributed by atoms with Crippen LogP contribution in [0.2, 0.25) is 0 Å². The van der Waals surface area contributed by atoms with Gasteiger partial charge in [0.15, 0.2) is 5.78 Å². The van der Waals surface area contributed by atoms with Crippen LogP contribution in [0.5, 0.6) is 5.75 Å². The molecule has 3 aromatic rings. The summed E-state index contributed by atoms with van der Waals surface area (Å²) in [5.74, 6) is -2.01. The van der Waals surface area contributed by atoms with Crippen LogP contribution in [-0.4, -0.2) is 35.4 Å². The number of rotatable bonds is 6. The van der Waals surface area contributed by atoms with Crippen molar-refractivity contribution >= 4 is 46.8 Å². The summed E-state index contributed by atoms with van der Waals surface area (Å²) in [7, 11) is 0. The summed E-state index contributed by atoms with van der Waals surface area (Å²) in [6.45, 7) is 0. The van der Waals surface area contributed by atoms with Crippen molar-refractivity contribution in [3.63, 3.8) is 0 Å². The molecule has 0 N–H and O–H groups in total. The van der Waals surface area contributed by atoms with Gasteiger partial charge in [-0.1, -0.05) is 24.3 Å². The number of anilines is 2. The highest BCUT2D eigenvalue weighted by atomic mass is 16.5. The van der Waals surface area contributed by atoms with Crippen LogP contribution in [0.15, 0.2) is 97.1 Å². The van der Waals surface area contributed by atoms with Crippen molar-refractivity contribution < 1.29 is 33.5 Å². The van der Waals surface area contributed by atoms with Gasteiger partial charge in [-0.25, -0.2) is 4.79 Å². The van der Waals surface area contributed by atoms with Gasteiger partial charge in [-0.2, -0.15) is 0 Å². The second-order valence-electron chi connectivity index (χ2n) is 13.4. The van der Waals surface area contributed by atoms with E-state index in [-0.39, 0.29) is 88.1 Å². The van der Waals surface area contributed by atoms with Gasteiger partial charge in [0.05, 0.1) is 40.6 Å². The molecule has 8 atom stereocenters. The average molecular weight is 625 g/mol. The van der Waals surface area contributed by atoms with Crippen LogP contribution >= 0.6 is 0 Å². The predicted molar refractivity (Wildman–Crippen MR) is 168 cm³/mol. The maximum atomic E-state index is 13.2. The van der Waals surface area contributed by atoms with Crippen LogP contribution in [0.4, 0.5) is 11.4 Å². The van der Waals surface area contributed by atoms with Gasteiger partial charge in [0, 0.05) is 11.1 Å². The summed E-state index contributed by atoms with van der Waals surface area (Å²) >= 11 is 0. The van der Waals surface area contributed by atoms with E-state index in [1.54, 1.807) is 48.5 Å². The molecule has 3 aromatic carbocycles. The second-order valence-corrected chi connectivity index (χ2v) is 13.4. The summed E-state index contributed by atoms with van der Waals surface area (Å²) in [4.78, 5) is 81.0. The SMILES string of the molecule is O=C(Oc1ccc(C(=O)c2ccc(N3C(=O)C4C5C=CC(C5)C4C3=O)cc2)cc1)c1ccc(N2C(=O)C3C4C=CC(C4)C3C2=O)cc1. The molecule has 4 bridgehead atoms. The topological polar surface area (TPSA) is 118 Å². The maximum absolute atomic E-state index is 13.2. The number of fused-ring (bicyclic) bond motifs is 10. The number of allylic oxidation sites excluding steroid dienone is 4. The molecule has 9 nitrogen and oxygen atoms in total. The molecule has 47 heavy (non-hydrogen) atoms. The van der Waals surface area contributed by atoms with E-state index in [4.69, 9.17) is 4.74 Å². The fraction of sp³-hybridized carbons (Fsp3) is 0.263. The van der Waals surface area contributed by atoms with Crippen LogP contribution in [0.25, 0.3) is 0 Å². The Kier molecular flexibility index (Phi) is 5.94. The van der Waals surface area contributed by atoms with Crippen molar-refractivity contribution in [1.29, 1.82) is 0 Å². The Hall–Kier alpha value is -5.44. The van der Waals surface area contributed by atoms with Crippen molar-refractivity contribution in [2.24, 2.45) is 47.3 Å². The first-order chi connectivity index (χ1) is 22.8. The first-order valence-electron chi connectivity index (χ1n) is 16.0. The summed E-state index contributed by atoms with van der Waals surface area (Å²) in [5.41, 5.74) is 1.91. The van der Waals surface area contributed by atoms with E-state index in [0.29, 0.717) is 22.5 Å². The van der Waals surface area contributed by atoms with Crippen molar-refractivity contribution in [3.05, 3.63) is 114 Å². The third kappa shape index (κ3) is 4.01. The van der Waals surface area contributed by atoms with Gasteiger partial charge in [-0.15, -0.1) is 0 Å². The summed E-state index contributed by atoms with van der Waals surface area (Å²) < 4.78 is 5.51.